The van der Waals surface area contributed by atoms with Crippen LogP contribution in [0.5, 0.6) is 0 Å². The zero-order chi connectivity index (χ0) is 13.5. The lowest BCUT2D eigenvalue weighted by molar-refractivity contribution is 0.0114. The molecule has 100 valence electrons. The molecule has 0 aliphatic heterocycles. The number of hydrogen-bond donors (Lipinski definition) is 0. The third-order valence-corrected chi connectivity index (χ3v) is 3.34. The normalized spacial score (nSPS) is 14.3. The fourth-order valence-corrected chi connectivity index (χ4v) is 1.80. The molecule has 0 aliphatic carbocycles. The maximum Gasteiger partial charge on any atom is 0.338 e. The summed E-state index contributed by atoms with van der Waals surface area (Å²) < 4.78 is 5.63. The number of esters is 1. The van der Waals surface area contributed by atoms with Crippen LogP contribution in [-0.2, 0) is 4.74 Å². The molecule has 18 heavy (non-hydrogen) atoms. The predicted molar refractivity (Wildman–Crippen MR) is 74.6 cm³/mol. The van der Waals surface area contributed by atoms with Crippen LogP contribution in [0.25, 0.3) is 0 Å². The molecular weight excluding hydrogens is 224 g/mol. The van der Waals surface area contributed by atoms with Crippen molar-refractivity contribution in [1.82, 2.24) is 0 Å². The molecule has 1 rings (SSSR count). The van der Waals surface area contributed by atoms with Gasteiger partial charge in [-0.15, -0.1) is 0 Å². The van der Waals surface area contributed by atoms with Crippen molar-refractivity contribution >= 4 is 5.97 Å². The summed E-state index contributed by atoms with van der Waals surface area (Å²) in [7, 11) is 0. The fourth-order valence-electron chi connectivity index (χ4n) is 1.80. The van der Waals surface area contributed by atoms with E-state index in [1.165, 1.54) is 0 Å². The van der Waals surface area contributed by atoms with Crippen LogP contribution in [0.3, 0.4) is 0 Å². The predicted octanol–water partition coefficient (Wildman–Crippen LogP) is 4.30. The van der Waals surface area contributed by atoms with Gasteiger partial charge >= 0.3 is 5.97 Å². The SMILES string of the molecule is CCC(C)CC(OC(=O)c1ccccc1)C(C)C. The fraction of sp³-hybridized carbons (Fsp3) is 0.562. The molecule has 1 aromatic carbocycles. The Kier molecular flexibility index (Phi) is 5.90. The molecule has 0 bridgehead atoms. The summed E-state index contributed by atoms with van der Waals surface area (Å²) in [4.78, 5) is 12.0. The molecule has 1 aromatic rings. The lowest BCUT2D eigenvalue weighted by atomic mass is 9.94. The summed E-state index contributed by atoms with van der Waals surface area (Å²) in [6.45, 7) is 8.57. The summed E-state index contributed by atoms with van der Waals surface area (Å²) in [5, 5.41) is 0. The van der Waals surface area contributed by atoms with Crippen molar-refractivity contribution < 1.29 is 9.53 Å². The second-order valence-corrected chi connectivity index (χ2v) is 5.30. The van der Waals surface area contributed by atoms with Gasteiger partial charge in [-0.05, 0) is 30.4 Å². The quantitative estimate of drug-likeness (QED) is 0.701. The number of rotatable bonds is 6. The van der Waals surface area contributed by atoms with Gasteiger partial charge in [0.1, 0.15) is 6.10 Å². The molecule has 0 fully saturated rings. The van der Waals surface area contributed by atoms with Crippen molar-refractivity contribution in [3.8, 4) is 0 Å². The number of carbonyl (C=O) groups excluding carboxylic acids is 1. The Morgan fingerprint density at radius 1 is 1.17 bits per heavy atom. The Hall–Kier alpha value is -1.31. The van der Waals surface area contributed by atoms with Crippen molar-refractivity contribution in [3.63, 3.8) is 0 Å². The lowest BCUT2D eigenvalue weighted by Gasteiger charge is -2.24. The van der Waals surface area contributed by atoms with Gasteiger partial charge in [0.05, 0.1) is 5.56 Å². The van der Waals surface area contributed by atoms with Crippen LogP contribution in [0.4, 0.5) is 0 Å². The third kappa shape index (κ3) is 4.52. The second kappa shape index (κ2) is 7.20. The van der Waals surface area contributed by atoms with Gasteiger partial charge in [0.25, 0.3) is 0 Å². The number of benzene rings is 1. The Labute approximate surface area is 110 Å². The standard InChI is InChI=1S/C16H24O2/c1-5-13(4)11-15(12(2)3)18-16(17)14-9-7-6-8-10-14/h6-10,12-13,15H,5,11H2,1-4H3. The van der Waals surface area contributed by atoms with E-state index in [4.69, 9.17) is 4.74 Å². The minimum atomic E-state index is -0.211. The summed E-state index contributed by atoms with van der Waals surface area (Å²) >= 11 is 0. The van der Waals surface area contributed by atoms with Crippen LogP contribution in [0.15, 0.2) is 30.3 Å². The van der Waals surface area contributed by atoms with E-state index in [1.54, 1.807) is 12.1 Å². The molecule has 0 saturated heterocycles. The zero-order valence-corrected chi connectivity index (χ0v) is 11.8. The van der Waals surface area contributed by atoms with E-state index in [0.29, 0.717) is 17.4 Å². The molecular formula is C16H24O2. The van der Waals surface area contributed by atoms with E-state index < -0.39 is 0 Å². The molecule has 2 unspecified atom stereocenters. The second-order valence-electron chi connectivity index (χ2n) is 5.30. The summed E-state index contributed by atoms with van der Waals surface area (Å²) in [5.74, 6) is 0.727. The van der Waals surface area contributed by atoms with Crippen LogP contribution >= 0.6 is 0 Å². The topological polar surface area (TPSA) is 26.3 Å². The van der Waals surface area contributed by atoms with Gasteiger partial charge < -0.3 is 4.74 Å². The maximum atomic E-state index is 12.0. The first-order valence-electron chi connectivity index (χ1n) is 6.80. The summed E-state index contributed by atoms with van der Waals surface area (Å²) in [6, 6.07) is 9.20. The van der Waals surface area contributed by atoms with Crippen LogP contribution in [0.2, 0.25) is 0 Å². The maximum absolute atomic E-state index is 12.0. The Balaban J connectivity index is 2.64. The molecule has 2 heteroatoms. The Morgan fingerprint density at radius 3 is 2.28 bits per heavy atom. The molecule has 0 spiro atoms. The first-order chi connectivity index (χ1) is 8.54. The van der Waals surface area contributed by atoms with Crippen molar-refractivity contribution in [1.29, 1.82) is 0 Å². The average molecular weight is 248 g/mol. The third-order valence-electron chi connectivity index (χ3n) is 3.34. The van der Waals surface area contributed by atoms with Gasteiger partial charge in [-0.25, -0.2) is 4.79 Å². The Bertz CT molecular complexity index is 357. The van der Waals surface area contributed by atoms with Crippen LogP contribution in [0, 0.1) is 11.8 Å². The average Bonchev–Trinajstić information content (AvgIpc) is 2.38. The number of ether oxygens (including phenoxy) is 1. The van der Waals surface area contributed by atoms with Gasteiger partial charge in [0.15, 0.2) is 0 Å². The van der Waals surface area contributed by atoms with Gasteiger partial charge in [-0.3, -0.25) is 0 Å². The summed E-state index contributed by atoms with van der Waals surface area (Å²) in [5.41, 5.74) is 0.632. The highest BCUT2D eigenvalue weighted by atomic mass is 16.5. The van der Waals surface area contributed by atoms with Crippen LogP contribution < -0.4 is 0 Å². The van der Waals surface area contributed by atoms with E-state index in [2.05, 4.69) is 27.7 Å². The molecule has 0 N–H and O–H groups in total. The van der Waals surface area contributed by atoms with Crippen LogP contribution in [0.1, 0.15) is 50.9 Å². The minimum Gasteiger partial charge on any atom is -0.459 e. The molecule has 0 aromatic heterocycles. The highest BCUT2D eigenvalue weighted by molar-refractivity contribution is 5.89. The number of carbonyl (C=O) groups is 1. The monoisotopic (exact) mass is 248 g/mol. The largest absolute Gasteiger partial charge is 0.459 e. The molecule has 0 radical (unpaired) electrons. The first-order valence-corrected chi connectivity index (χ1v) is 6.80. The van der Waals surface area contributed by atoms with Crippen LogP contribution in [-0.4, -0.2) is 12.1 Å². The zero-order valence-electron chi connectivity index (χ0n) is 11.8. The summed E-state index contributed by atoms with van der Waals surface area (Å²) in [6.07, 6.45) is 2.06. The van der Waals surface area contributed by atoms with Crippen molar-refractivity contribution in [2.45, 2.75) is 46.6 Å². The van der Waals surface area contributed by atoms with Gasteiger partial charge in [-0.1, -0.05) is 52.3 Å². The molecule has 0 heterocycles. The number of hydrogen-bond acceptors (Lipinski definition) is 2. The molecule has 0 saturated carbocycles. The highest BCUT2D eigenvalue weighted by Crippen LogP contribution is 2.20. The van der Waals surface area contributed by atoms with Crippen molar-refractivity contribution in [2.24, 2.45) is 11.8 Å². The van der Waals surface area contributed by atoms with E-state index in [0.717, 1.165) is 12.8 Å². The molecule has 0 aliphatic rings. The van der Waals surface area contributed by atoms with E-state index in [-0.39, 0.29) is 12.1 Å². The molecule has 2 atom stereocenters. The highest BCUT2D eigenvalue weighted by Gasteiger charge is 2.21. The Morgan fingerprint density at radius 2 is 1.78 bits per heavy atom. The molecule has 2 nitrogen and oxygen atoms in total. The van der Waals surface area contributed by atoms with Gasteiger partial charge in [0, 0.05) is 0 Å². The molecule has 0 amide bonds. The van der Waals surface area contributed by atoms with E-state index in [1.807, 2.05) is 18.2 Å². The first kappa shape index (κ1) is 14.7. The minimum absolute atomic E-state index is 0.00709. The van der Waals surface area contributed by atoms with Gasteiger partial charge in [0.2, 0.25) is 0 Å². The van der Waals surface area contributed by atoms with E-state index >= 15 is 0 Å². The van der Waals surface area contributed by atoms with Crippen molar-refractivity contribution in [3.05, 3.63) is 35.9 Å². The van der Waals surface area contributed by atoms with Crippen molar-refractivity contribution in [2.75, 3.05) is 0 Å². The smallest absolute Gasteiger partial charge is 0.338 e. The van der Waals surface area contributed by atoms with E-state index in [9.17, 15) is 4.79 Å². The van der Waals surface area contributed by atoms with Gasteiger partial charge in [-0.2, -0.15) is 0 Å². The lowest BCUT2D eigenvalue weighted by Crippen LogP contribution is -2.25.